The highest BCUT2D eigenvalue weighted by atomic mass is 16.5. The van der Waals surface area contributed by atoms with Gasteiger partial charge >= 0.3 is 0 Å². The first kappa shape index (κ1) is 8.92. The monoisotopic (exact) mass is 131 g/mol. The summed E-state index contributed by atoms with van der Waals surface area (Å²) in [5.41, 5.74) is 0. The van der Waals surface area contributed by atoms with Gasteiger partial charge in [-0.2, -0.15) is 0 Å². The Balaban J connectivity index is 0.000000148. The normalized spacial score (nSPS) is 16.7. The van der Waals surface area contributed by atoms with Crippen molar-refractivity contribution in [3.05, 3.63) is 0 Å². The third kappa shape index (κ3) is 7.92. The molecule has 0 unspecified atom stereocenters. The topological polar surface area (TPSA) is 21.3 Å². The zero-order valence-electron chi connectivity index (χ0n) is 6.44. The van der Waals surface area contributed by atoms with Gasteiger partial charge in [0.2, 0.25) is 0 Å². The fourth-order valence-corrected chi connectivity index (χ4v) is 0.361. The molecule has 9 heavy (non-hydrogen) atoms. The van der Waals surface area contributed by atoms with Crippen LogP contribution in [-0.4, -0.2) is 19.9 Å². The summed E-state index contributed by atoms with van der Waals surface area (Å²) in [6, 6.07) is 0. The van der Waals surface area contributed by atoms with E-state index < -0.39 is 0 Å². The minimum Gasteiger partial charge on any atom is -0.365 e. The van der Waals surface area contributed by atoms with Crippen molar-refractivity contribution in [2.24, 2.45) is 0 Å². The van der Waals surface area contributed by atoms with E-state index in [1.807, 2.05) is 0 Å². The molecule has 56 valence electrons. The van der Waals surface area contributed by atoms with Crippen LogP contribution < -0.4 is 5.32 Å². The Bertz CT molecular complexity index is 34.6. The predicted molar refractivity (Wildman–Crippen MR) is 39.4 cm³/mol. The minimum atomic E-state index is 0.750. The predicted octanol–water partition coefficient (Wildman–Crippen LogP) is 1.37. The van der Waals surface area contributed by atoms with Crippen molar-refractivity contribution in [1.82, 2.24) is 5.32 Å². The maximum Gasteiger partial charge on any atom is 0.0966 e. The average molecular weight is 131 g/mol. The Labute approximate surface area is 57.6 Å². The van der Waals surface area contributed by atoms with Crippen LogP contribution in [0.2, 0.25) is 0 Å². The van der Waals surface area contributed by atoms with Crippen molar-refractivity contribution in [1.29, 1.82) is 0 Å². The highest BCUT2D eigenvalue weighted by molar-refractivity contribution is 4.43. The SMILES string of the molecule is C1COCN1.CCCC. The Morgan fingerprint density at radius 2 is 2.00 bits per heavy atom. The molecule has 0 bridgehead atoms. The first-order valence-corrected chi connectivity index (χ1v) is 3.70. The van der Waals surface area contributed by atoms with Crippen molar-refractivity contribution in [2.75, 3.05) is 19.9 Å². The van der Waals surface area contributed by atoms with Gasteiger partial charge in [0.25, 0.3) is 0 Å². The summed E-state index contributed by atoms with van der Waals surface area (Å²) in [6.45, 7) is 7.03. The zero-order chi connectivity index (χ0) is 6.95. The van der Waals surface area contributed by atoms with Gasteiger partial charge in [-0.1, -0.05) is 26.7 Å². The molecule has 0 aromatic heterocycles. The lowest BCUT2D eigenvalue weighted by Gasteiger charge is -1.76. The Morgan fingerprint density at radius 3 is 2.11 bits per heavy atom. The molecule has 0 spiro atoms. The summed E-state index contributed by atoms with van der Waals surface area (Å²) in [4.78, 5) is 0. The average Bonchev–Trinajstić information content (AvgIpc) is 2.43. The first-order valence-electron chi connectivity index (χ1n) is 3.70. The quantitative estimate of drug-likeness (QED) is 0.580. The third-order valence-corrected chi connectivity index (χ3v) is 1.13. The molecule has 1 fully saturated rings. The van der Waals surface area contributed by atoms with E-state index in [1.54, 1.807) is 0 Å². The van der Waals surface area contributed by atoms with E-state index in [9.17, 15) is 0 Å². The highest BCUT2D eigenvalue weighted by Crippen LogP contribution is 1.76. The van der Waals surface area contributed by atoms with E-state index in [2.05, 4.69) is 19.2 Å². The standard InChI is InChI=1S/C4H10.C3H7NO/c1-3-4-2;1-2-5-3-4-1/h3-4H2,1-2H3;4H,1-3H2. The largest absolute Gasteiger partial charge is 0.365 e. The summed E-state index contributed by atoms with van der Waals surface area (Å²) in [5.74, 6) is 0. The molecule has 0 amide bonds. The number of hydrogen-bond acceptors (Lipinski definition) is 2. The van der Waals surface area contributed by atoms with E-state index in [-0.39, 0.29) is 0 Å². The van der Waals surface area contributed by atoms with Crippen molar-refractivity contribution < 1.29 is 4.74 Å². The van der Waals surface area contributed by atoms with Crippen LogP contribution in [-0.2, 0) is 4.74 Å². The number of unbranched alkanes of at least 4 members (excludes halogenated alkanes) is 1. The summed E-state index contributed by atoms with van der Waals surface area (Å²) in [5, 5.41) is 3.00. The van der Waals surface area contributed by atoms with Crippen LogP contribution in [0.1, 0.15) is 26.7 Å². The molecule has 0 saturated carbocycles. The molecule has 1 N–H and O–H groups in total. The van der Waals surface area contributed by atoms with Crippen LogP contribution in [0.3, 0.4) is 0 Å². The van der Waals surface area contributed by atoms with Gasteiger partial charge < -0.3 is 4.74 Å². The van der Waals surface area contributed by atoms with Gasteiger partial charge in [-0.25, -0.2) is 0 Å². The number of rotatable bonds is 1. The molecule has 0 atom stereocenters. The molecule has 0 aromatic rings. The van der Waals surface area contributed by atoms with Crippen LogP contribution in [0.15, 0.2) is 0 Å². The second-order valence-corrected chi connectivity index (χ2v) is 2.05. The molecule has 2 heteroatoms. The Kier molecular flexibility index (Phi) is 7.85. The van der Waals surface area contributed by atoms with Crippen LogP contribution in [0, 0.1) is 0 Å². The zero-order valence-corrected chi connectivity index (χ0v) is 6.44. The first-order chi connectivity index (χ1) is 4.41. The summed E-state index contributed by atoms with van der Waals surface area (Å²) >= 11 is 0. The van der Waals surface area contributed by atoms with E-state index in [4.69, 9.17) is 4.74 Å². The minimum absolute atomic E-state index is 0.750. The van der Waals surface area contributed by atoms with Crippen LogP contribution in [0.5, 0.6) is 0 Å². The fourth-order valence-electron chi connectivity index (χ4n) is 0.361. The van der Waals surface area contributed by atoms with Crippen LogP contribution in [0.4, 0.5) is 0 Å². The lowest BCUT2D eigenvalue weighted by Crippen LogP contribution is -2.05. The lowest BCUT2D eigenvalue weighted by molar-refractivity contribution is 0.194. The summed E-state index contributed by atoms with van der Waals surface area (Å²) in [6.07, 6.45) is 2.64. The highest BCUT2D eigenvalue weighted by Gasteiger charge is 1.92. The molecule has 0 aliphatic carbocycles. The number of hydrogen-bond donors (Lipinski definition) is 1. The second kappa shape index (κ2) is 7.92. The molecule has 2 nitrogen and oxygen atoms in total. The van der Waals surface area contributed by atoms with Gasteiger partial charge in [-0.3, -0.25) is 5.32 Å². The van der Waals surface area contributed by atoms with E-state index in [0.717, 1.165) is 19.9 Å². The van der Waals surface area contributed by atoms with E-state index >= 15 is 0 Å². The van der Waals surface area contributed by atoms with Crippen molar-refractivity contribution in [3.63, 3.8) is 0 Å². The molecule has 1 aliphatic heterocycles. The molecular weight excluding hydrogens is 114 g/mol. The van der Waals surface area contributed by atoms with E-state index in [0.29, 0.717) is 0 Å². The molecule has 1 saturated heterocycles. The summed E-state index contributed by atoms with van der Waals surface area (Å²) < 4.78 is 4.83. The van der Waals surface area contributed by atoms with Gasteiger partial charge in [-0.05, 0) is 0 Å². The van der Waals surface area contributed by atoms with E-state index in [1.165, 1.54) is 12.8 Å². The van der Waals surface area contributed by atoms with Crippen molar-refractivity contribution in [2.45, 2.75) is 26.7 Å². The van der Waals surface area contributed by atoms with Gasteiger partial charge in [0, 0.05) is 6.54 Å². The number of ether oxygens (including phenoxy) is 1. The number of nitrogens with one attached hydrogen (secondary N) is 1. The van der Waals surface area contributed by atoms with Gasteiger partial charge in [-0.15, -0.1) is 0 Å². The van der Waals surface area contributed by atoms with Crippen LogP contribution >= 0.6 is 0 Å². The second-order valence-electron chi connectivity index (χ2n) is 2.05. The van der Waals surface area contributed by atoms with Crippen molar-refractivity contribution >= 4 is 0 Å². The van der Waals surface area contributed by atoms with Gasteiger partial charge in [0.05, 0.1) is 13.3 Å². The van der Waals surface area contributed by atoms with Gasteiger partial charge in [0.1, 0.15) is 0 Å². The third-order valence-electron chi connectivity index (χ3n) is 1.13. The smallest absolute Gasteiger partial charge is 0.0966 e. The fraction of sp³-hybridized carbons (Fsp3) is 1.00. The van der Waals surface area contributed by atoms with Crippen LogP contribution in [0.25, 0.3) is 0 Å². The molecule has 0 aromatic carbocycles. The maximum atomic E-state index is 4.83. The van der Waals surface area contributed by atoms with Crippen molar-refractivity contribution in [3.8, 4) is 0 Å². The molecule has 1 rings (SSSR count). The Hall–Kier alpha value is -0.0800. The maximum absolute atomic E-state index is 4.83. The Morgan fingerprint density at radius 1 is 1.33 bits per heavy atom. The summed E-state index contributed by atoms with van der Waals surface area (Å²) in [7, 11) is 0. The van der Waals surface area contributed by atoms with Gasteiger partial charge in [0.15, 0.2) is 0 Å². The molecule has 1 aliphatic rings. The molecule has 1 heterocycles. The molecular formula is C7H17NO. The molecule has 0 radical (unpaired) electrons. The lowest BCUT2D eigenvalue weighted by atomic mass is 10.4.